The molecule has 5 nitrogen and oxygen atoms in total. The molecule has 0 bridgehead atoms. The van der Waals surface area contributed by atoms with E-state index in [1.54, 1.807) is 18.3 Å². The van der Waals surface area contributed by atoms with Crippen LogP contribution in [-0.2, 0) is 23.0 Å². The molecule has 1 aromatic heterocycles. The number of hydrogen-bond acceptors (Lipinski definition) is 4. The van der Waals surface area contributed by atoms with E-state index in [0.717, 1.165) is 11.1 Å². The highest BCUT2D eigenvalue weighted by Crippen LogP contribution is 2.25. The Morgan fingerprint density at radius 3 is 2.80 bits per heavy atom. The Balaban J connectivity index is 1.94. The third kappa shape index (κ3) is 2.28. The summed E-state index contributed by atoms with van der Waals surface area (Å²) in [5, 5.41) is 0. The summed E-state index contributed by atoms with van der Waals surface area (Å²) in [4.78, 5) is 4.11. The van der Waals surface area contributed by atoms with Gasteiger partial charge in [0.15, 0.2) is 0 Å². The van der Waals surface area contributed by atoms with Crippen molar-refractivity contribution >= 4 is 15.7 Å². The van der Waals surface area contributed by atoms with Crippen LogP contribution in [0, 0.1) is 0 Å². The Bertz CT molecular complexity index is 729. The number of nitrogens with zero attached hydrogens (tertiary/aromatic N) is 2. The van der Waals surface area contributed by atoms with Gasteiger partial charge in [-0.2, -0.15) is 4.31 Å². The molecule has 0 unspecified atom stereocenters. The number of hydrogen-bond donors (Lipinski definition) is 1. The van der Waals surface area contributed by atoms with Gasteiger partial charge in [0, 0.05) is 31.2 Å². The second-order valence-electron chi connectivity index (χ2n) is 4.81. The van der Waals surface area contributed by atoms with Crippen LogP contribution in [0.1, 0.15) is 11.1 Å². The molecular weight excluding hydrogens is 274 g/mol. The van der Waals surface area contributed by atoms with E-state index in [4.69, 9.17) is 5.73 Å². The molecular formula is C14H15N3O2S. The highest BCUT2D eigenvalue weighted by atomic mass is 32.2. The number of fused-ring (bicyclic) bond motifs is 1. The number of benzene rings is 1. The number of pyridine rings is 1. The molecule has 6 heteroatoms. The van der Waals surface area contributed by atoms with E-state index in [2.05, 4.69) is 4.98 Å². The second kappa shape index (κ2) is 4.88. The van der Waals surface area contributed by atoms with Crippen LogP contribution in [0.15, 0.2) is 47.6 Å². The summed E-state index contributed by atoms with van der Waals surface area (Å²) in [6.45, 7) is 0.839. The first kappa shape index (κ1) is 13.1. The second-order valence-corrected chi connectivity index (χ2v) is 6.74. The standard InChI is InChI=1S/C14H15N3O2S/c15-13-4-3-11-5-7-17(10-12(11)8-13)20(18,19)14-2-1-6-16-9-14/h1-4,6,8-9H,5,7,10,15H2. The number of aromatic nitrogens is 1. The topological polar surface area (TPSA) is 76.3 Å². The van der Waals surface area contributed by atoms with E-state index in [9.17, 15) is 8.42 Å². The fourth-order valence-corrected chi connectivity index (χ4v) is 3.79. The van der Waals surface area contributed by atoms with Crippen LogP contribution in [0.3, 0.4) is 0 Å². The molecule has 0 saturated heterocycles. The summed E-state index contributed by atoms with van der Waals surface area (Å²) >= 11 is 0. The lowest BCUT2D eigenvalue weighted by molar-refractivity contribution is 0.391. The molecule has 3 rings (SSSR count). The highest BCUT2D eigenvalue weighted by molar-refractivity contribution is 7.89. The Morgan fingerprint density at radius 2 is 2.05 bits per heavy atom. The summed E-state index contributed by atoms with van der Waals surface area (Å²) in [6.07, 6.45) is 3.64. The van der Waals surface area contributed by atoms with Crippen LogP contribution >= 0.6 is 0 Å². The molecule has 0 amide bonds. The van der Waals surface area contributed by atoms with Crippen molar-refractivity contribution in [3.05, 3.63) is 53.9 Å². The van der Waals surface area contributed by atoms with Crippen molar-refractivity contribution < 1.29 is 8.42 Å². The van der Waals surface area contributed by atoms with Crippen LogP contribution in [0.5, 0.6) is 0 Å². The lowest BCUT2D eigenvalue weighted by Gasteiger charge is -2.28. The number of nitrogen functional groups attached to an aromatic ring is 1. The molecule has 0 aliphatic carbocycles. The van der Waals surface area contributed by atoms with Gasteiger partial charge >= 0.3 is 0 Å². The van der Waals surface area contributed by atoms with Gasteiger partial charge in [0.1, 0.15) is 4.90 Å². The largest absolute Gasteiger partial charge is 0.399 e. The van der Waals surface area contributed by atoms with Gasteiger partial charge < -0.3 is 5.73 Å². The van der Waals surface area contributed by atoms with E-state index in [1.807, 2.05) is 18.2 Å². The summed E-state index contributed by atoms with van der Waals surface area (Å²) < 4.78 is 26.6. The van der Waals surface area contributed by atoms with Gasteiger partial charge in [-0.3, -0.25) is 4.98 Å². The third-order valence-corrected chi connectivity index (χ3v) is 5.31. The molecule has 2 heterocycles. The number of rotatable bonds is 2. The molecule has 104 valence electrons. The molecule has 0 radical (unpaired) electrons. The molecule has 2 aromatic rings. The number of sulfonamides is 1. The Hall–Kier alpha value is -1.92. The fourth-order valence-electron chi connectivity index (χ4n) is 2.41. The van der Waals surface area contributed by atoms with E-state index in [0.29, 0.717) is 25.2 Å². The predicted octanol–water partition coefficient (Wildman–Crippen LogP) is 1.41. The van der Waals surface area contributed by atoms with Crippen molar-refractivity contribution in [3.8, 4) is 0 Å². The molecule has 1 aliphatic heterocycles. The van der Waals surface area contributed by atoms with E-state index in [-0.39, 0.29) is 4.90 Å². The lowest BCUT2D eigenvalue weighted by Crippen LogP contribution is -2.36. The molecule has 20 heavy (non-hydrogen) atoms. The molecule has 1 aliphatic rings. The SMILES string of the molecule is Nc1ccc2c(c1)CN(S(=O)(=O)c1cccnc1)CC2. The molecule has 0 atom stereocenters. The first-order valence-corrected chi connectivity index (χ1v) is 7.79. The summed E-state index contributed by atoms with van der Waals surface area (Å²) in [5.41, 5.74) is 8.57. The first-order chi connectivity index (χ1) is 9.57. The van der Waals surface area contributed by atoms with Gasteiger partial charge in [0.05, 0.1) is 0 Å². The Kier molecular flexibility index (Phi) is 3.19. The molecule has 0 saturated carbocycles. The number of nitrogens with two attached hydrogens (primary N) is 1. The van der Waals surface area contributed by atoms with Crippen molar-refractivity contribution in [1.82, 2.24) is 9.29 Å². The summed E-state index contributed by atoms with van der Waals surface area (Å²) in [5.74, 6) is 0. The van der Waals surface area contributed by atoms with Crippen molar-refractivity contribution in [2.24, 2.45) is 0 Å². The first-order valence-electron chi connectivity index (χ1n) is 6.35. The maximum absolute atomic E-state index is 12.5. The zero-order chi connectivity index (χ0) is 14.2. The smallest absolute Gasteiger partial charge is 0.244 e. The minimum absolute atomic E-state index is 0.229. The maximum Gasteiger partial charge on any atom is 0.244 e. The van der Waals surface area contributed by atoms with Crippen molar-refractivity contribution in [1.29, 1.82) is 0 Å². The van der Waals surface area contributed by atoms with Gasteiger partial charge in [-0.05, 0) is 41.8 Å². The van der Waals surface area contributed by atoms with Crippen LogP contribution in [0.4, 0.5) is 5.69 Å². The van der Waals surface area contributed by atoms with E-state index < -0.39 is 10.0 Å². The van der Waals surface area contributed by atoms with Crippen LogP contribution in [0.2, 0.25) is 0 Å². The van der Waals surface area contributed by atoms with E-state index >= 15 is 0 Å². The van der Waals surface area contributed by atoms with Crippen molar-refractivity contribution in [2.75, 3.05) is 12.3 Å². The lowest BCUT2D eigenvalue weighted by atomic mass is 10.0. The quantitative estimate of drug-likeness (QED) is 0.848. The fraction of sp³-hybridized carbons (Fsp3) is 0.214. The van der Waals surface area contributed by atoms with Gasteiger partial charge in [-0.25, -0.2) is 8.42 Å². The van der Waals surface area contributed by atoms with Crippen molar-refractivity contribution in [2.45, 2.75) is 17.9 Å². The zero-order valence-electron chi connectivity index (χ0n) is 10.9. The maximum atomic E-state index is 12.5. The minimum Gasteiger partial charge on any atom is -0.399 e. The zero-order valence-corrected chi connectivity index (χ0v) is 11.7. The van der Waals surface area contributed by atoms with Crippen LogP contribution < -0.4 is 5.73 Å². The predicted molar refractivity (Wildman–Crippen MR) is 76.4 cm³/mol. The molecule has 0 spiro atoms. The van der Waals surface area contributed by atoms with Gasteiger partial charge in [-0.15, -0.1) is 0 Å². The molecule has 2 N–H and O–H groups in total. The average Bonchev–Trinajstić information content (AvgIpc) is 2.47. The monoisotopic (exact) mass is 289 g/mol. The molecule has 1 aromatic carbocycles. The van der Waals surface area contributed by atoms with Crippen molar-refractivity contribution in [3.63, 3.8) is 0 Å². The minimum atomic E-state index is -3.49. The number of anilines is 1. The Morgan fingerprint density at radius 1 is 1.20 bits per heavy atom. The summed E-state index contributed by atoms with van der Waals surface area (Å²) in [7, 11) is -3.49. The average molecular weight is 289 g/mol. The van der Waals surface area contributed by atoms with Crippen LogP contribution in [0.25, 0.3) is 0 Å². The summed E-state index contributed by atoms with van der Waals surface area (Å²) in [6, 6.07) is 8.86. The van der Waals surface area contributed by atoms with Gasteiger partial charge in [-0.1, -0.05) is 6.07 Å². The molecule has 0 fully saturated rings. The highest BCUT2D eigenvalue weighted by Gasteiger charge is 2.28. The third-order valence-electron chi connectivity index (χ3n) is 3.48. The van der Waals surface area contributed by atoms with Gasteiger partial charge in [0.2, 0.25) is 10.0 Å². The Labute approximate surface area is 118 Å². The van der Waals surface area contributed by atoms with E-state index in [1.165, 1.54) is 10.5 Å². The normalized spacial score (nSPS) is 15.8. The van der Waals surface area contributed by atoms with Crippen LogP contribution in [-0.4, -0.2) is 24.3 Å². The van der Waals surface area contributed by atoms with Gasteiger partial charge in [0.25, 0.3) is 0 Å².